The molecule has 1 amide bonds. The van der Waals surface area contributed by atoms with Crippen molar-refractivity contribution >= 4 is 87.7 Å². The first-order valence-corrected chi connectivity index (χ1v) is 17.3. The summed E-state index contributed by atoms with van der Waals surface area (Å²) < 4.78 is 96.1. The van der Waals surface area contributed by atoms with Crippen LogP contribution in [0, 0.1) is 0 Å². The minimum absolute atomic E-state index is 0.140. The third-order valence-electron chi connectivity index (χ3n) is 5.36. The van der Waals surface area contributed by atoms with Crippen molar-refractivity contribution in [1.82, 2.24) is 0 Å². The van der Waals surface area contributed by atoms with Gasteiger partial charge in [0.05, 0.1) is 36.9 Å². The second kappa shape index (κ2) is 11.4. The van der Waals surface area contributed by atoms with Crippen LogP contribution in [0.15, 0.2) is 91.4 Å². The normalized spacial score (nSPS) is 18.5. The van der Waals surface area contributed by atoms with Gasteiger partial charge in [-0.2, -0.15) is 25.3 Å². The van der Waals surface area contributed by atoms with E-state index in [0.717, 1.165) is 35.7 Å². The van der Waals surface area contributed by atoms with E-state index in [4.69, 9.17) is 16.8 Å². The van der Waals surface area contributed by atoms with Gasteiger partial charge in [0.1, 0.15) is 0 Å². The van der Waals surface area contributed by atoms with Crippen molar-refractivity contribution in [3.05, 3.63) is 76.7 Å². The van der Waals surface area contributed by atoms with Crippen LogP contribution in [-0.2, 0) is 35.1 Å². The zero-order valence-corrected chi connectivity index (χ0v) is 24.7. The average Bonchev–Trinajstić information content (AvgIpc) is 3.34. The molecule has 3 N–H and O–H groups in total. The first-order valence-electron chi connectivity index (χ1n) is 10.8. The molecule has 4 rings (SSSR count). The van der Waals surface area contributed by atoms with Crippen LogP contribution < -0.4 is 9.80 Å². The smallest absolute Gasteiger partial charge is 0.294 e. The zero-order valence-electron chi connectivity index (χ0n) is 19.8. The van der Waals surface area contributed by atoms with E-state index in [9.17, 15) is 39.2 Å². The van der Waals surface area contributed by atoms with Crippen molar-refractivity contribution in [1.29, 1.82) is 0 Å². The number of carbonyl (C=O) groups excluding carboxylic acids is 1. The van der Waals surface area contributed by atoms with E-state index in [1.807, 2.05) is 0 Å². The molecule has 212 valence electrons. The summed E-state index contributed by atoms with van der Waals surface area (Å²) in [7, 11) is -13.2. The second-order valence-corrected chi connectivity index (χ2v) is 15.2. The third-order valence-corrected chi connectivity index (χ3v) is 10.2. The van der Waals surface area contributed by atoms with E-state index < -0.39 is 42.0 Å². The lowest BCUT2D eigenvalue weighted by Crippen LogP contribution is -2.27. The Bertz CT molecular complexity index is 1810. The molecule has 2 aliphatic heterocycles. The third kappa shape index (κ3) is 7.01. The quantitative estimate of drug-likeness (QED) is 0.212. The van der Waals surface area contributed by atoms with Gasteiger partial charge in [0.15, 0.2) is 4.32 Å². The lowest BCUT2D eigenvalue weighted by molar-refractivity contribution is -0.113. The largest absolute Gasteiger partial charge is 0.334 e. The van der Waals surface area contributed by atoms with Gasteiger partial charge in [-0.25, -0.2) is 0 Å². The number of thiocarbonyl (C=S) groups is 1. The van der Waals surface area contributed by atoms with Crippen molar-refractivity contribution in [2.24, 2.45) is 0 Å². The van der Waals surface area contributed by atoms with Crippen LogP contribution in [0.25, 0.3) is 0 Å². The summed E-state index contributed by atoms with van der Waals surface area (Å²) in [6.45, 7) is -0.140. The number of hydrogen-bond acceptors (Lipinski definition) is 11. The summed E-state index contributed by atoms with van der Waals surface area (Å²) >= 11 is 7.41. The number of fused-ring (bicyclic) bond motifs is 1. The fourth-order valence-electron chi connectivity index (χ4n) is 3.56. The Hall–Kier alpha value is -2.55. The van der Waals surface area contributed by atoms with Crippen LogP contribution in [0.4, 0.5) is 11.4 Å². The maximum atomic E-state index is 12.9. The molecular weight excluding hydrogens is 645 g/mol. The molecule has 0 saturated carbocycles. The Kier molecular flexibility index (Phi) is 8.65. The predicted octanol–water partition coefficient (Wildman–Crippen LogP) is 3.33. The van der Waals surface area contributed by atoms with Crippen LogP contribution in [0.3, 0.4) is 0 Å². The van der Waals surface area contributed by atoms with Gasteiger partial charge >= 0.3 is 0 Å². The molecule has 0 unspecified atom stereocenters. The SMILES string of the molecule is O=C1\C(=C/C=C/C=C2\Sc3cc(S(=O)(=O)O)ccc3N2CCS(=O)(=O)O)SC(=S)N1c1ccc(S(=O)(=O)O)cc1. The zero-order chi connectivity index (χ0) is 29.5. The van der Waals surface area contributed by atoms with Crippen LogP contribution >= 0.6 is 35.7 Å². The topological polar surface area (TPSA) is 187 Å². The molecule has 0 atom stereocenters. The van der Waals surface area contributed by atoms with Crippen LogP contribution in [-0.4, -0.2) is 61.4 Å². The first-order chi connectivity index (χ1) is 18.5. The number of anilines is 2. The number of carbonyl (C=O) groups is 1. The maximum Gasteiger partial charge on any atom is 0.294 e. The van der Waals surface area contributed by atoms with E-state index in [0.29, 0.717) is 21.3 Å². The van der Waals surface area contributed by atoms with Gasteiger partial charge in [-0.1, -0.05) is 47.9 Å². The van der Waals surface area contributed by atoms with Crippen LogP contribution in [0.1, 0.15) is 0 Å². The second-order valence-electron chi connectivity index (χ2n) is 8.04. The molecule has 1 saturated heterocycles. The summed E-state index contributed by atoms with van der Waals surface area (Å²) in [6, 6.07) is 8.78. The molecule has 0 bridgehead atoms. The number of rotatable bonds is 8. The molecule has 2 heterocycles. The van der Waals surface area contributed by atoms with Crippen molar-refractivity contribution < 1.29 is 43.7 Å². The Balaban J connectivity index is 1.55. The average molecular weight is 663 g/mol. The minimum Gasteiger partial charge on any atom is -0.334 e. The summed E-state index contributed by atoms with van der Waals surface area (Å²) in [6.07, 6.45) is 6.18. The molecule has 2 aromatic rings. The van der Waals surface area contributed by atoms with E-state index in [-0.39, 0.29) is 25.6 Å². The van der Waals surface area contributed by atoms with E-state index in [1.54, 1.807) is 17.1 Å². The van der Waals surface area contributed by atoms with Crippen molar-refractivity contribution in [3.8, 4) is 0 Å². The van der Waals surface area contributed by atoms with E-state index in [1.165, 1.54) is 47.4 Å². The molecule has 0 spiro atoms. The Labute approximate surface area is 243 Å². The van der Waals surface area contributed by atoms with Crippen LogP contribution in [0.5, 0.6) is 0 Å². The Morgan fingerprint density at radius 2 is 1.43 bits per heavy atom. The number of thioether (sulfide) groups is 2. The standard InChI is InChI=1S/C22H18N2O10S6/c25-21-18(37-22(35)24(21)14-5-7-15(8-6-14)39(29,30)31)3-1-2-4-20-23(11-12-38(26,27)28)17-10-9-16(40(32,33)34)13-19(17)36-20/h1-10,13H,11-12H2,(H,26,27,28)(H,29,30,31)(H,32,33,34)/b2-1+,18-3+,20-4-. The minimum atomic E-state index is -4.46. The molecule has 12 nitrogen and oxygen atoms in total. The summed E-state index contributed by atoms with van der Waals surface area (Å²) in [5.74, 6) is -1.05. The highest BCUT2D eigenvalue weighted by molar-refractivity contribution is 8.27. The predicted molar refractivity (Wildman–Crippen MR) is 155 cm³/mol. The molecule has 0 aromatic heterocycles. The molecule has 2 aliphatic rings. The lowest BCUT2D eigenvalue weighted by Gasteiger charge is -2.19. The fourth-order valence-corrected chi connectivity index (χ4v) is 7.43. The first kappa shape index (κ1) is 30.4. The van der Waals surface area contributed by atoms with E-state index in [2.05, 4.69) is 0 Å². The van der Waals surface area contributed by atoms with Crippen LogP contribution in [0.2, 0.25) is 0 Å². The Morgan fingerprint density at radius 3 is 2.02 bits per heavy atom. The molecule has 18 heteroatoms. The van der Waals surface area contributed by atoms with Crippen molar-refractivity contribution in [2.75, 3.05) is 22.1 Å². The molecule has 0 aliphatic carbocycles. The highest BCUT2D eigenvalue weighted by atomic mass is 32.2. The maximum absolute atomic E-state index is 12.9. The Morgan fingerprint density at radius 1 is 0.825 bits per heavy atom. The molecule has 2 aromatic carbocycles. The van der Waals surface area contributed by atoms with Gasteiger partial charge in [0.25, 0.3) is 36.3 Å². The highest BCUT2D eigenvalue weighted by Crippen LogP contribution is 2.46. The van der Waals surface area contributed by atoms with Gasteiger partial charge in [-0.15, -0.1) is 0 Å². The number of nitrogens with zero attached hydrogens (tertiary/aromatic N) is 2. The highest BCUT2D eigenvalue weighted by Gasteiger charge is 2.33. The fraction of sp³-hybridized carbons (Fsp3) is 0.0909. The molecule has 0 radical (unpaired) electrons. The molecule has 40 heavy (non-hydrogen) atoms. The van der Waals surface area contributed by atoms with Gasteiger partial charge in [0, 0.05) is 11.4 Å². The van der Waals surface area contributed by atoms with Gasteiger partial charge in [-0.05, 0) is 54.6 Å². The van der Waals surface area contributed by atoms with Gasteiger partial charge in [0.2, 0.25) is 0 Å². The molecule has 1 fully saturated rings. The summed E-state index contributed by atoms with van der Waals surface area (Å²) in [5.41, 5.74) is 0.782. The van der Waals surface area contributed by atoms with E-state index >= 15 is 0 Å². The monoisotopic (exact) mass is 662 g/mol. The summed E-state index contributed by atoms with van der Waals surface area (Å²) in [5, 5.41) is 0.488. The van der Waals surface area contributed by atoms with Gasteiger partial charge in [-0.3, -0.25) is 23.4 Å². The van der Waals surface area contributed by atoms with Crippen molar-refractivity contribution in [3.63, 3.8) is 0 Å². The number of benzene rings is 2. The lowest BCUT2D eigenvalue weighted by atomic mass is 10.3. The summed E-state index contributed by atoms with van der Waals surface area (Å²) in [4.78, 5) is 15.7. The molecular formula is C22H18N2O10S6. The van der Waals surface area contributed by atoms with Gasteiger partial charge < -0.3 is 4.90 Å². The number of hydrogen-bond donors (Lipinski definition) is 3. The number of allylic oxidation sites excluding steroid dienone is 4. The van der Waals surface area contributed by atoms with Crippen molar-refractivity contribution in [2.45, 2.75) is 14.7 Å². The number of amides is 1.